The van der Waals surface area contributed by atoms with Crippen LogP contribution in [0.15, 0.2) is 23.9 Å². The molecule has 1 aliphatic carbocycles. The average molecular weight is 310 g/mol. The van der Waals surface area contributed by atoms with E-state index in [4.69, 9.17) is 4.74 Å². The van der Waals surface area contributed by atoms with Gasteiger partial charge in [-0.15, -0.1) is 0 Å². The number of alkyl halides is 1. The Morgan fingerprint density at radius 3 is 2.72 bits per heavy atom. The van der Waals surface area contributed by atoms with Gasteiger partial charge >= 0.3 is 0 Å². The van der Waals surface area contributed by atoms with Gasteiger partial charge in [-0.3, -0.25) is 0 Å². The van der Waals surface area contributed by atoms with Crippen molar-refractivity contribution < 1.29 is 4.74 Å². The molecule has 3 heteroatoms. The third-order valence-corrected chi connectivity index (χ3v) is 4.25. The van der Waals surface area contributed by atoms with Gasteiger partial charge in [0.05, 0.1) is 7.11 Å². The summed E-state index contributed by atoms with van der Waals surface area (Å²) in [7, 11) is 1.64. The molecule has 0 N–H and O–H groups in total. The lowest BCUT2D eigenvalue weighted by Crippen LogP contribution is -2.10. The Hall–Kier alpha value is -0.830. The number of hydrogen-bond acceptors (Lipinski definition) is 2. The van der Waals surface area contributed by atoms with E-state index in [9.17, 15) is 0 Å². The van der Waals surface area contributed by atoms with E-state index in [1.54, 1.807) is 7.11 Å². The minimum absolute atomic E-state index is 0.671. The summed E-state index contributed by atoms with van der Waals surface area (Å²) in [5.41, 5.74) is 2.66. The zero-order valence-electron chi connectivity index (χ0n) is 10.9. The monoisotopic (exact) mass is 309 g/mol. The number of ether oxygens (including phenoxy) is 1. The Labute approximate surface area is 118 Å². The van der Waals surface area contributed by atoms with Crippen molar-refractivity contribution in [2.24, 2.45) is 5.92 Å². The van der Waals surface area contributed by atoms with Gasteiger partial charge in [-0.25, -0.2) is 4.98 Å². The van der Waals surface area contributed by atoms with Crippen LogP contribution in [0, 0.1) is 5.92 Å². The molecular weight excluding hydrogens is 290 g/mol. The molecule has 0 spiro atoms. The second kappa shape index (κ2) is 6.93. The molecule has 0 atom stereocenters. The van der Waals surface area contributed by atoms with Crippen LogP contribution in [0.5, 0.6) is 5.88 Å². The summed E-state index contributed by atoms with van der Waals surface area (Å²) >= 11 is 3.62. The minimum Gasteiger partial charge on any atom is -0.481 e. The van der Waals surface area contributed by atoms with Crippen molar-refractivity contribution >= 4 is 22.0 Å². The Kier molecular flexibility index (Phi) is 5.24. The minimum atomic E-state index is 0.671. The molecule has 1 heterocycles. The first-order chi connectivity index (χ1) is 8.83. The normalized spacial score (nSPS) is 17.8. The molecule has 0 saturated heterocycles. The van der Waals surface area contributed by atoms with E-state index < -0.39 is 0 Å². The smallest absolute Gasteiger partial charge is 0.212 e. The van der Waals surface area contributed by atoms with Gasteiger partial charge in [0.1, 0.15) is 0 Å². The molecule has 2 rings (SSSR count). The van der Waals surface area contributed by atoms with E-state index in [-0.39, 0.29) is 0 Å². The number of methoxy groups -OCH3 is 1. The average Bonchev–Trinajstić information content (AvgIpc) is 2.46. The van der Waals surface area contributed by atoms with Crippen LogP contribution in [-0.4, -0.2) is 17.4 Å². The van der Waals surface area contributed by atoms with E-state index in [2.05, 4.69) is 33.1 Å². The van der Waals surface area contributed by atoms with Crippen LogP contribution >= 0.6 is 15.9 Å². The highest BCUT2D eigenvalue weighted by Crippen LogP contribution is 2.31. The maximum atomic E-state index is 5.08. The molecule has 1 aromatic heterocycles. The number of rotatable bonds is 4. The second-order valence-corrected chi connectivity index (χ2v) is 5.38. The Morgan fingerprint density at radius 2 is 2.17 bits per heavy atom. The van der Waals surface area contributed by atoms with Gasteiger partial charge < -0.3 is 4.74 Å². The lowest BCUT2D eigenvalue weighted by atomic mass is 9.84. The summed E-state index contributed by atoms with van der Waals surface area (Å²) in [6, 6.07) is 3.98. The Bertz CT molecular complexity index is 393. The predicted molar refractivity (Wildman–Crippen MR) is 79.1 cm³/mol. The fraction of sp³-hybridized carbons (Fsp3) is 0.533. The number of aromatic nitrogens is 1. The molecular formula is C15H20BrNO. The SMILES string of the molecule is COc1ccc(/C=C(/CBr)C2CCCCC2)cn1. The standard InChI is InChI=1S/C15H20BrNO/c1-18-15-8-7-12(11-17-15)9-14(10-16)13-5-3-2-4-6-13/h7-9,11,13H,2-6,10H2,1H3/b14-9-. The van der Waals surface area contributed by atoms with Crippen LogP contribution in [0.4, 0.5) is 0 Å². The van der Waals surface area contributed by atoms with Gasteiger partial charge in [0.25, 0.3) is 0 Å². The van der Waals surface area contributed by atoms with Crippen molar-refractivity contribution in [1.29, 1.82) is 0 Å². The van der Waals surface area contributed by atoms with Gasteiger partial charge in [-0.1, -0.05) is 46.8 Å². The van der Waals surface area contributed by atoms with E-state index >= 15 is 0 Å². The van der Waals surface area contributed by atoms with E-state index in [0.29, 0.717) is 5.88 Å². The van der Waals surface area contributed by atoms with Gasteiger partial charge in [0, 0.05) is 17.6 Å². The first-order valence-corrected chi connectivity index (χ1v) is 7.72. The third-order valence-electron chi connectivity index (χ3n) is 3.60. The molecule has 18 heavy (non-hydrogen) atoms. The van der Waals surface area contributed by atoms with Gasteiger partial charge in [-0.05, 0) is 30.4 Å². The first-order valence-electron chi connectivity index (χ1n) is 6.60. The van der Waals surface area contributed by atoms with Gasteiger partial charge in [-0.2, -0.15) is 0 Å². The molecule has 0 bridgehead atoms. The highest BCUT2D eigenvalue weighted by Gasteiger charge is 2.16. The van der Waals surface area contributed by atoms with Crippen molar-refractivity contribution in [3.8, 4) is 5.88 Å². The molecule has 2 nitrogen and oxygen atoms in total. The Morgan fingerprint density at radius 1 is 1.39 bits per heavy atom. The van der Waals surface area contributed by atoms with Gasteiger partial charge in [0.2, 0.25) is 5.88 Å². The van der Waals surface area contributed by atoms with E-state index in [0.717, 1.165) is 16.8 Å². The summed E-state index contributed by atoms with van der Waals surface area (Å²) in [6.45, 7) is 0. The highest BCUT2D eigenvalue weighted by atomic mass is 79.9. The van der Waals surface area contributed by atoms with Crippen LogP contribution in [0.3, 0.4) is 0 Å². The molecule has 1 aliphatic rings. The van der Waals surface area contributed by atoms with Crippen molar-refractivity contribution in [3.05, 3.63) is 29.5 Å². The predicted octanol–water partition coefficient (Wildman–Crippen LogP) is 4.45. The molecule has 98 valence electrons. The summed E-state index contributed by atoms with van der Waals surface area (Å²) in [4.78, 5) is 4.25. The lowest BCUT2D eigenvalue weighted by molar-refractivity contribution is 0.398. The molecule has 0 aliphatic heterocycles. The quantitative estimate of drug-likeness (QED) is 0.767. The zero-order chi connectivity index (χ0) is 12.8. The summed E-state index contributed by atoms with van der Waals surface area (Å²) in [6.07, 6.45) is 11.0. The molecule has 1 fully saturated rings. The molecule has 0 aromatic carbocycles. The maximum Gasteiger partial charge on any atom is 0.212 e. The van der Waals surface area contributed by atoms with Crippen LogP contribution in [0.1, 0.15) is 37.7 Å². The number of halogens is 1. The molecule has 1 aromatic rings. The molecule has 0 unspecified atom stereocenters. The fourth-order valence-electron chi connectivity index (χ4n) is 2.55. The summed E-state index contributed by atoms with van der Waals surface area (Å²) < 4.78 is 5.08. The zero-order valence-corrected chi connectivity index (χ0v) is 12.4. The third kappa shape index (κ3) is 3.58. The van der Waals surface area contributed by atoms with Crippen LogP contribution in [0.25, 0.3) is 6.08 Å². The first kappa shape index (κ1) is 13.6. The Balaban J connectivity index is 2.11. The fourth-order valence-corrected chi connectivity index (χ4v) is 3.17. The number of hydrogen-bond donors (Lipinski definition) is 0. The van der Waals surface area contributed by atoms with Crippen molar-refractivity contribution in [3.63, 3.8) is 0 Å². The van der Waals surface area contributed by atoms with Crippen molar-refractivity contribution in [1.82, 2.24) is 4.98 Å². The number of allylic oxidation sites excluding steroid dienone is 1. The molecule has 0 amide bonds. The van der Waals surface area contributed by atoms with Crippen LogP contribution < -0.4 is 4.74 Å². The summed E-state index contributed by atoms with van der Waals surface area (Å²) in [5.74, 6) is 1.42. The van der Waals surface area contributed by atoms with Crippen LogP contribution in [-0.2, 0) is 0 Å². The molecule has 1 saturated carbocycles. The highest BCUT2D eigenvalue weighted by molar-refractivity contribution is 9.09. The number of pyridine rings is 1. The maximum absolute atomic E-state index is 5.08. The van der Waals surface area contributed by atoms with Crippen LogP contribution in [0.2, 0.25) is 0 Å². The second-order valence-electron chi connectivity index (χ2n) is 4.82. The molecule has 0 radical (unpaired) electrons. The lowest BCUT2D eigenvalue weighted by Gasteiger charge is -2.23. The summed E-state index contributed by atoms with van der Waals surface area (Å²) in [5, 5.41) is 0.962. The largest absolute Gasteiger partial charge is 0.481 e. The van der Waals surface area contributed by atoms with Gasteiger partial charge in [0.15, 0.2) is 0 Å². The van der Waals surface area contributed by atoms with E-state index in [1.165, 1.54) is 37.7 Å². The van der Waals surface area contributed by atoms with E-state index in [1.807, 2.05) is 12.3 Å². The number of nitrogens with zero attached hydrogens (tertiary/aromatic N) is 1. The topological polar surface area (TPSA) is 22.1 Å². The van der Waals surface area contributed by atoms with Crippen molar-refractivity contribution in [2.75, 3.05) is 12.4 Å². The van der Waals surface area contributed by atoms with Crippen molar-refractivity contribution in [2.45, 2.75) is 32.1 Å².